The van der Waals surface area contributed by atoms with Crippen LogP contribution in [0.15, 0.2) is 30.3 Å². The summed E-state index contributed by atoms with van der Waals surface area (Å²) in [7, 11) is 0. The Balaban J connectivity index is 1.92. The average molecular weight is 378 g/mol. The maximum Gasteiger partial charge on any atom is 0.410 e. The van der Waals surface area contributed by atoms with Crippen LogP contribution < -0.4 is 5.32 Å². The van der Waals surface area contributed by atoms with Crippen molar-refractivity contribution in [2.75, 3.05) is 6.54 Å². The van der Waals surface area contributed by atoms with Gasteiger partial charge in [0.25, 0.3) is 0 Å². The van der Waals surface area contributed by atoms with Crippen LogP contribution in [0.4, 0.5) is 4.79 Å². The zero-order chi connectivity index (χ0) is 19.8. The third kappa shape index (κ3) is 5.98. The van der Waals surface area contributed by atoms with Gasteiger partial charge in [0, 0.05) is 13.0 Å². The summed E-state index contributed by atoms with van der Waals surface area (Å²) >= 11 is 0. The molecule has 146 valence electrons. The lowest BCUT2D eigenvalue weighted by atomic mass is 10.1. The molecule has 2 amide bonds. The number of hydrogen-bond acceptors (Lipinski definition) is 5. The number of carboxylic acid groups (broad SMARTS) is 2. The molecule has 1 aromatic carbocycles. The topological polar surface area (TPSA) is 133 Å². The van der Waals surface area contributed by atoms with Gasteiger partial charge >= 0.3 is 18.0 Å². The van der Waals surface area contributed by atoms with Gasteiger partial charge in [-0.3, -0.25) is 14.5 Å². The summed E-state index contributed by atoms with van der Waals surface area (Å²) in [6.07, 6.45) is -0.288. The zero-order valence-corrected chi connectivity index (χ0v) is 14.7. The van der Waals surface area contributed by atoms with E-state index < -0.39 is 36.0 Å². The first-order chi connectivity index (χ1) is 12.9. The molecule has 2 atom stereocenters. The Morgan fingerprint density at radius 3 is 2.52 bits per heavy atom. The van der Waals surface area contributed by atoms with E-state index in [4.69, 9.17) is 14.9 Å². The number of hydrogen-bond donors (Lipinski definition) is 3. The summed E-state index contributed by atoms with van der Waals surface area (Å²) in [4.78, 5) is 47.8. The highest BCUT2D eigenvalue weighted by atomic mass is 16.6. The van der Waals surface area contributed by atoms with Crippen molar-refractivity contribution in [3.05, 3.63) is 35.9 Å². The second-order valence-corrected chi connectivity index (χ2v) is 6.22. The minimum atomic E-state index is -1.32. The molecule has 1 saturated heterocycles. The molecule has 1 aliphatic rings. The molecule has 1 fully saturated rings. The van der Waals surface area contributed by atoms with Crippen LogP contribution >= 0.6 is 0 Å². The van der Waals surface area contributed by atoms with Gasteiger partial charge in [0.1, 0.15) is 18.7 Å². The Morgan fingerprint density at radius 2 is 1.89 bits per heavy atom. The zero-order valence-electron chi connectivity index (χ0n) is 14.7. The number of likely N-dealkylation sites (tertiary alicyclic amines) is 1. The van der Waals surface area contributed by atoms with Crippen LogP contribution in [0.2, 0.25) is 0 Å². The molecule has 3 N–H and O–H groups in total. The second kappa shape index (κ2) is 9.56. The summed E-state index contributed by atoms with van der Waals surface area (Å²) in [5.74, 6) is -3.09. The summed E-state index contributed by atoms with van der Waals surface area (Å²) in [5.41, 5.74) is 0.811. The molecule has 0 aliphatic carbocycles. The molecule has 1 aromatic rings. The molecule has 9 nitrogen and oxygen atoms in total. The van der Waals surface area contributed by atoms with E-state index in [0.29, 0.717) is 19.4 Å². The molecule has 0 aromatic heterocycles. The second-order valence-electron chi connectivity index (χ2n) is 6.22. The van der Waals surface area contributed by atoms with Gasteiger partial charge in [-0.25, -0.2) is 9.59 Å². The van der Waals surface area contributed by atoms with Crippen LogP contribution in [-0.2, 0) is 25.7 Å². The fraction of sp³-hybridized carbons (Fsp3) is 0.444. The highest BCUT2D eigenvalue weighted by Crippen LogP contribution is 2.19. The van der Waals surface area contributed by atoms with E-state index in [1.807, 2.05) is 18.2 Å². The van der Waals surface area contributed by atoms with Crippen LogP contribution in [0.3, 0.4) is 0 Å². The first-order valence-electron chi connectivity index (χ1n) is 8.60. The quantitative estimate of drug-likeness (QED) is 0.619. The van der Waals surface area contributed by atoms with E-state index >= 15 is 0 Å². The van der Waals surface area contributed by atoms with Crippen molar-refractivity contribution in [3.8, 4) is 0 Å². The highest BCUT2D eigenvalue weighted by Gasteiger charge is 2.36. The fourth-order valence-corrected chi connectivity index (χ4v) is 2.85. The normalized spacial score (nSPS) is 17.2. The summed E-state index contributed by atoms with van der Waals surface area (Å²) in [5, 5.41) is 20.2. The van der Waals surface area contributed by atoms with Crippen molar-refractivity contribution < 1.29 is 34.1 Å². The molecule has 2 rings (SSSR count). The number of nitrogens with zero attached hydrogens (tertiary/aromatic N) is 1. The molecular formula is C18H22N2O7. The predicted octanol–water partition coefficient (Wildman–Crippen LogP) is 1.22. The van der Waals surface area contributed by atoms with E-state index in [-0.39, 0.29) is 19.4 Å². The van der Waals surface area contributed by atoms with Crippen molar-refractivity contribution in [1.29, 1.82) is 0 Å². The summed E-state index contributed by atoms with van der Waals surface area (Å²) in [6.45, 7) is 0.402. The number of carboxylic acids is 2. The average Bonchev–Trinajstić information content (AvgIpc) is 3.13. The van der Waals surface area contributed by atoms with E-state index in [2.05, 4.69) is 5.32 Å². The van der Waals surface area contributed by atoms with Gasteiger partial charge in [-0.15, -0.1) is 0 Å². The van der Waals surface area contributed by atoms with Gasteiger partial charge in [-0.1, -0.05) is 30.3 Å². The van der Waals surface area contributed by atoms with Crippen molar-refractivity contribution in [2.24, 2.45) is 0 Å². The maximum absolute atomic E-state index is 12.4. The maximum atomic E-state index is 12.4. The molecular weight excluding hydrogens is 356 g/mol. The van der Waals surface area contributed by atoms with E-state index in [1.54, 1.807) is 12.1 Å². The minimum Gasteiger partial charge on any atom is -0.481 e. The molecule has 0 unspecified atom stereocenters. The first-order valence-corrected chi connectivity index (χ1v) is 8.60. The summed E-state index contributed by atoms with van der Waals surface area (Å²) < 4.78 is 5.24. The fourth-order valence-electron chi connectivity index (χ4n) is 2.85. The Labute approximate surface area is 155 Å². The number of amides is 2. The van der Waals surface area contributed by atoms with Gasteiger partial charge in [-0.2, -0.15) is 0 Å². The van der Waals surface area contributed by atoms with E-state index in [0.717, 1.165) is 5.56 Å². The third-order valence-electron chi connectivity index (χ3n) is 4.26. The van der Waals surface area contributed by atoms with Crippen molar-refractivity contribution >= 4 is 23.9 Å². The standard InChI is InChI=1S/C18H22N2O7/c21-15(22)9-8-13(17(24)25)19-16(23)14-7-4-10-20(14)18(26)27-11-12-5-2-1-3-6-12/h1-3,5-6,13-14H,4,7-11H2,(H,19,23)(H,21,22)(H,24,25)/t13-,14-/m0/s1. The van der Waals surface area contributed by atoms with E-state index in [9.17, 15) is 19.2 Å². The number of aliphatic carboxylic acids is 2. The Bertz CT molecular complexity index is 692. The van der Waals surface area contributed by atoms with Crippen LogP contribution in [0.1, 0.15) is 31.2 Å². The van der Waals surface area contributed by atoms with Gasteiger partial charge in [0.05, 0.1) is 0 Å². The van der Waals surface area contributed by atoms with Gasteiger partial charge in [0.2, 0.25) is 5.91 Å². The van der Waals surface area contributed by atoms with Gasteiger partial charge < -0.3 is 20.3 Å². The smallest absolute Gasteiger partial charge is 0.410 e. The molecule has 9 heteroatoms. The molecule has 27 heavy (non-hydrogen) atoms. The molecule has 0 saturated carbocycles. The number of benzene rings is 1. The van der Waals surface area contributed by atoms with E-state index in [1.165, 1.54) is 4.90 Å². The van der Waals surface area contributed by atoms with Crippen molar-refractivity contribution in [1.82, 2.24) is 10.2 Å². The third-order valence-corrected chi connectivity index (χ3v) is 4.26. The number of carbonyl (C=O) groups is 4. The highest BCUT2D eigenvalue weighted by molar-refractivity contribution is 5.89. The predicted molar refractivity (Wildman–Crippen MR) is 92.8 cm³/mol. The number of ether oxygens (including phenoxy) is 1. The first kappa shape index (κ1) is 20.2. The summed E-state index contributed by atoms with van der Waals surface area (Å²) in [6, 6.07) is 6.94. The van der Waals surface area contributed by atoms with Gasteiger partial charge in [-0.05, 0) is 24.8 Å². The van der Waals surface area contributed by atoms with Crippen LogP contribution in [0.5, 0.6) is 0 Å². The monoisotopic (exact) mass is 378 g/mol. The van der Waals surface area contributed by atoms with Crippen LogP contribution in [0.25, 0.3) is 0 Å². The number of rotatable bonds is 8. The Kier molecular flexibility index (Phi) is 7.16. The SMILES string of the molecule is O=C(O)CC[C@H](NC(=O)[C@@H]1CCCN1C(=O)OCc1ccccc1)C(=O)O. The minimum absolute atomic E-state index is 0.0703. The lowest BCUT2D eigenvalue weighted by molar-refractivity contribution is -0.143. The van der Waals surface area contributed by atoms with Crippen LogP contribution in [-0.4, -0.2) is 57.7 Å². The molecule has 0 spiro atoms. The van der Waals surface area contributed by atoms with Crippen molar-refractivity contribution in [2.45, 2.75) is 44.4 Å². The molecule has 0 bridgehead atoms. The Morgan fingerprint density at radius 1 is 1.19 bits per heavy atom. The molecule has 1 heterocycles. The van der Waals surface area contributed by atoms with Crippen molar-refractivity contribution in [3.63, 3.8) is 0 Å². The molecule has 1 aliphatic heterocycles. The molecule has 0 radical (unpaired) electrons. The Hall–Kier alpha value is -3.10. The lowest BCUT2D eigenvalue weighted by Gasteiger charge is -2.24. The van der Waals surface area contributed by atoms with Crippen LogP contribution in [0, 0.1) is 0 Å². The van der Waals surface area contributed by atoms with Gasteiger partial charge in [0.15, 0.2) is 0 Å². The largest absolute Gasteiger partial charge is 0.481 e. The lowest BCUT2D eigenvalue weighted by Crippen LogP contribution is -2.51. The number of carbonyl (C=O) groups excluding carboxylic acids is 2. The number of nitrogens with one attached hydrogen (secondary N) is 1.